The van der Waals surface area contributed by atoms with Crippen LogP contribution in [0, 0.1) is 6.07 Å². The number of rotatable bonds is 1. The highest BCUT2D eigenvalue weighted by Gasteiger charge is 2.01. The van der Waals surface area contributed by atoms with Crippen LogP contribution in [0.5, 0.6) is 0 Å². The van der Waals surface area contributed by atoms with Gasteiger partial charge in [-0.2, -0.15) is 4.68 Å². The van der Waals surface area contributed by atoms with Gasteiger partial charge in [-0.1, -0.05) is 23.3 Å². The smallest absolute Gasteiger partial charge is 0.245 e. The maximum atomic E-state index is 5.48. The first-order valence-corrected chi connectivity index (χ1v) is 3.39. The second-order valence-corrected chi connectivity index (χ2v) is 2.20. The van der Waals surface area contributed by atoms with Crippen molar-refractivity contribution in [2.24, 2.45) is 0 Å². The maximum Gasteiger partial charge on any atom is 0.245 e. The first-order valence-electron chi connectivity index (χ1n) is 3.39. The topological polar surface area (TPSA) is 69.6 Å². The molecule has 0 amide bonds. The zero-order chi connectivity index (χ0) is 8.39. The Morgan fingerprint density at radius 3 is 2.92 bits per heavy atom. The van der Waals surface area contributed by atoms with E-state index >= 15 is 0 Å². The van der Waals surface area contributed by atoms with E-state index in [1.165, 1.54) is 4.68 Å². The molecule has 1 aromatic carbocycles. The molecule has 0 aliphatic heterocycles. The van der Waals surface area contributed by atoms with Crippen LogP contribution >= 0.6 is 0 Å². The van der Waals surface area contributed by atoms with Gasteiger partial charge in [-0.15, -0.1) is 0 Å². The monoisotopic (exact) mass is 160 g/mol. The number of aromatic nitrogens is 4. The summed E-state index contributed by atoms with van der Waals surface area (Å²) in [6.07, 6.45) is 0. The first kappa shape index (κ1) is 6.78. The molecule has 0 saturated heterocycles. The third-order valence-corrected chi connectivity index (χ3v) is 1.41. The van der Waals surface area contributed by atoms with E-state index in [0.29, 0.717) is 0 Å². The lowest BCUT2D eigenvalue weighted by Crippen LogP contribution is -2.01. The van der Waals surface area contributed by atoms with Crippen molar-refractivity contribution in [3.63, 3.8) is 0 Å². The quantitative estimate of drug-likeness (QED) is 0.639. The maximum absolute atomic E-state index is 5.48. The highest BCUT2D eigenvalue weighted by Crippen LogP contribution is 2.05. The van der Waals surface area contributed by atoms with Gasteiger partial charge in [0.15, 0.2) is 0 Å². The predicted molar refractivity (Wildman–Crippen MR) is 42.4 cm³/mol. The summed E-state index contributed by atoms with van der Waals surface area (Å²) in [5, 5.41) is 10.7. The molecule has 0 saturated carbocycles. The van der Waals surface area contributed by atoms with Crippen molar-refractivity contribution in [3.05, 3.63) is 30.3 Å². The largest absolute Gasteiger partial charge is 0.366 e. The van der Waals surface area contributed by atoms with E-state index in [9.17, 15) is 0 Å². The summed E-state index contributed by atoms with van der Waals surface area (Å²) in [5.74, 6) is 0.262. The van der Waals surface area contributed by atoms with E-state index < -0.39 is 0 Å². The fourth-order valence-electron chi connectivity index (χ4n) is 0.881. The van der Waals surface area contributed by atoms with Crippen LogP contribution in [0.3, 0.4) is 0 Å². The Hall–Kier alpha value is -1.91. The summed E-state index contributed by atoms with van der Waals surface area (Å²) in [7, 11) is 0. The number of tetrazole rings is 1. The molecule has 2 aromatic rings. The summed E-state index contributed by atoms with van der Waals surface area (Å²) in [4.78, 5) is 0. The zero-order valence-corrected chi connectivity index (χ0v) is 6.18. The zero-order valence-electron chi connectivity index (χ0n) is 6.18. The fraction of sp³-hybridized carbons (Fsp3) is 0. The van der Waals surface area contributed by atoms with Crippen molar-refractivity contribution in [1.82, 2.24) is 20.2 Å². The predicted octanol–water partition coefficient (Wildman–Crippen LogP) is 0.0447. The third-order valence-electron chi connectivity index (χ3n) is 1.41. The number of benzene rings is 1. The SMILES string of the molecule is Nc1nnnn1-c1[c]cccc1. The Morgan fingerprint density at radius 1 is 1.42 bits per heavy atom. The molecule has 0 unspecified atom stereocenters. The van der Waals surface area contributed by atoms with Crippen LogP contribution in [0.25, 0.3) is 5.69 Å². The van der Waals surface area contributed by atoms with Gasteiger partial charge in [0.25, 0.3) is 0 Å². The Kier molecular flexibility index (Phi) is 1.48. The molecule has 59 valence electrons. The minimum atomic E-state index is 0.262. The van der Waals surface area contributed by atoms with E-state index in [0.717, 1.165) is 5.69 Å². The molecule has 1 aromatic heterocycles. The molecule has 0 aliphatic carbocycles. The number of nitrogen functional groups attached to an aromatic ring is 1. The van der Waals surface area contributed by atoms with Crippen molar-refractivity contribution in [1.29, 1.82) is 0 Å². The Bertz CT molecular complexity index is 366. The lowest BCUT2D eigenvalue weighted by molar-refractivity contribution is 0.791. The van der Waals surface area contributed by atoms with Crippen molar-refractivity contribution in [2.45, 2.75) is 0 Å². The summed E-state index contributed by atoms with van der Waals surface area (Å²) in [5.41, 5.74) is 6.22. The summed E-state index contributed by atoms with van der Waals surface area (Å²) in [6.45, 7) is 0. The van der Waals surface area contributed by atoms with E-state index in [1.54, 1.807) is 6.07 Å². The molecule has 0 bridgehead atoms. The second kappa shape index (κ2) is 2.61. The van der Waals surface area contributed by atoms with Gasteiger partial charge in [-0.25, -0.2) is 0 Å². The number of hydrogen-bond donors (Lipinski definition) is 1. The van der Waals surface area contributed by atoms with Crippen LogP contribution in [0.15, 0.2) is 24.3 Å². The standard InChI is InChI=1S/C7H6N5/c8-7-9-10-11-12(7)6-4-2-1-3-5-6/h1-4H,(H2,8,9,11). The first-order chi connectivity index (χ1) is 5.88. The van der Waals surface area contributed by atoms with E-state index in [1.807, 2.05) is 18.2 Å². The average molecular weight is 160 g/mol. The second-order valence-electron chi connectivity index (χ2n) is 2.20. The summed E-state index contributed by atoms with van der Waals surface area (Å²) in [6, 6.07) is 10.3. The number of hydrogen-bond acceptors (Lipinski definition) is 4. The Morgan fingerprint density at radius 2 is 2.33 bits per heavy atom. The van der Waals surface area contributed by atoms with E-state index in [2.05, 4.69) is 21.6 Å². The molecule has 12 heavy (non-hydrogen) atoms. The van der Waals surface area contributed by atoms with Gasteiger partial charge in [0.05, 0.1) is 5.69 Å². The minimum Gasteiger partial charge on any atom is -0.366 e. The lowest BCUT2D eigenvalue weighted by atomic mass is 10.3. The van der Waals surface area contributed by atoms with Crippen LogP contribution in [0.2, 0.25) is 0 Å². The van der Waals surface area contributed by atoms with E-state index in [-0.39, 0.29) is 5.95 Å². The summed E-state index contributed by atoms with van der Waals surface area (Å²) >= 11 is 0. The third kappa shape index (κ3) is 1.01. The van der Waals surface area contributed by atoms with Crippen LogP contribution in [-0.4, -0.2) is 20.2 Å². The van der Waals surface area contributed by atoms with Gasteiger partial charge in [-0.05, 0) is 16.5 Å². The van der Waals surface area contributed by atoms with E-state index in [4.69, 9.17) is 5.73 Å². The van der Waals surface area contributed by atoms with Crippen LogP contribution in [0.1, 0.15) is 0 Å². The highest BCUT2D eigenvalue weighted by molar-refractivity contribution is 5.34. The Labute approximate surface area is 68.8 Å². The van der Waals surface area contributed by atoms with Gasteiger partial charge in [0.2, 0.25) is 5.95 Å². The van der Waals surface area contributed by atoms with Crippen molar-refractivity contribution < 1.29 is 0 Å². The number of para-hydroxylation sites is 1. The number of nitrogens with zero attached hydrogens (tertiary/aromatic N) is 4. The molecule has 0 fully saturated rings. The number of anilines is 1. The molecule has 1 heterocycles. The van der Waals surface area contributed by atoms with Gasteiger partial charge in [-0.3, -0.25) is 0 Å². The van der Waals surface area contributed by atoms with Crippen molar-refractivity contribution in [3.8, 4) is 5.69 Å². The van der Waals surface area contributed by atoms with Crippen LogP contribution in [-0.2, 0) is 0 Å². The fourth-order valence-corrected chi connectivity index (χ4v) is 0.881. The highest BCUT2D eigenvalue weighted by atomic mass is 15.6. The molecule has 5 heteroatoms. The number of nitrogens with two attached hydrogens (primary N) is 1. The molecule has 2 rings (SSSR count). The normalized spacial score (nSPS) is 10.0. The van der Waals surface area contributed by atoms with Crippen molar-refractivity contribution >= 4 is 5.95 Å². The molecular weight excluding hydrogens is 154 g/mol. The molecular formula is C7H6N5. The van der Waals surface area contributed by atoms with Crippen molar-refractivity contribution in [2.75, 3.05) is 5.73 Å². The summed E-state index contributed by atoms with van der Waals surface area (Å²) < 4.78 is 1.42. The van der Waals surface area contributed by atoms with Crippen LogP contribution in [0.4, 0.5) is 5.95 Å². The minimum absolute atomic E-state index is 0.262. The molecule has 5 nitrogen and oxygen atoms in total. The van der Waals surface area contributed by atoms with Gasteiger partial charge in [0, 0.05) is 6.07 Å². The molecule has 0 atom stereocenters. The molecule has 1 radical (unpaired) electrons. The van der Waals surface area contributed by atoms with Gasteiger partial charge in [0.1, 0.15) is 0 Å². The average Bonchev–Trinajstić information content (AvgIpc) is 2.53. The molecule has 0 spiro atoms. The molecule has 2 N–H and O–H groups in total. The van der Waals surface area contributed by atoms with Gasteiger partial charge < -0.3 is 5.73 Å². The molecule has 0 aliphatic rings. The Balaban J connectivity index is 2.51. The van der Waals surface area contributed by atoms with Crippen LogP contribution < -0.4 is 5.73 Å². The lowest BCUT2D eigenvalue weighted by Gasteiger charge is -1.97. The van der Waals surface area contributed by atoms with Gasteiger partial charge >= 0.3 is 0 Å².